The molecule has 0 radical (unpaired) electrons. The van der Waals surface area contributed by atoms with Crippen LogP contribution in [0.5, 0.6) is 0 Å². The maximum atomic E-state index is 11.8. The van der Waals surface area contributed by atoms with Crippen molar-refractivity contribution in [3.05, 3.63) is 24.3 Å². The van der Waals surface area contributed by atoms with Crippen molar-refractivity contribution < 1.29 is 9.53 Å². The molecule has 1 saturated carbocycles. The van der Waals surface area contributed by atoms with Crippen molar-refractivity contribution in [3.63, 3.8) is 0 Å². The van der Waals surface area contributed by atoms with Crippen LogP contribution < -0.4 is 10.6 Å². The fourth-order valence-corrected chi connectivity index (χ4v) is 3.07. The van der Waals surface area contributed by atoms with Crippen molar-refractivity contribution in [1.82, 2.24) is 0 Å². The number of amides is 1. The molecule has 0 aromatic heterocycles. The monoisotopic (exact) mass is 318 g/mol. The number of nitrogens with one attached hydrogen (secondary N) is 2. The summed E-state index contributed by atoms with van der Waals surface area (Å²) < 4.78 is 5.25. The van der Waals surface area contributed by atoms with E-state index in [0.29, 0.717) is 12.0 Å². The van der Waals surface area contributed by atoms with Crippen molar-refractivity contribution in [2.45, 2.75) is 65.5 Å². The molecule has 1 aliphatic carbocycles. The van der Waals surface area contributed by atoms with Crippen molar-refractivity contribution in [2.24, 2.45) is 11.8 Å². The van der Waals surface area contributed by atoms with Gasteiger partial charge < -0.3 is 10.1 Å². The van der Waals surface area contributed by atoms with Gasteiger partial charge in [-0.05, 0) is 63.3 Å². The average Bonchev–Trinajstić information content (AvgIpc) is 2.44. The van der Waals surface area contributed by atoms with Crippen LogP contribution in [0.15, 0.2) is 24.3 Å². The number of hydrogen-bond donors (Lipinski definition) is 2. The molecule has 0 aliphatic heterocycles. The molecule has 3 unspecified atom stereocenters. The van der Waals surface area contributed by atoms with E-state index >= 15 is 0 Å². The summed E-state index contributed by atoms with van der Waals surface area (Å²) >= 11 is 0. The van der Waals surface area contributed by atoms with E-state index in [1.54, 1.807) is 0 Å². The molecule has 128 valence electrons. The second-order valence-electron chi connectivity index (χ2n) is 7.72. The summed E-state index contributed by atoms with van der Waals surface area (Å²) in [5, 5.41) is 6.39. The fourth-order valence-electron chi connectivity index (χ4n) is 3.07. The highest BCUT2D eigenvalue weighted by Gasteiger charge is 2.26. The van der Waals surface area contributed by atoms with E-state index in [9.17, 15) is 4.79 Å². The van der Waals surface area contributed by atoms with E-state index in [2.05, 4.69) is 24.5 Å². The van der Waals surface area contributed by atoms with Crippen LogP contribution >= 0.6 is 0 Å². The highest BCUT2D eigenvalue weighted by atomic mass is 16.6. The first-order valence-corrected chi connectivity index (χ1v) is 8.61. The molecule has 0 spiro atoms. The Labute approximate surface area is 140 Å². The van der Waals surface area contributed by atoms with E-state index in [1.165, 1.54) is 19.3 Å². The lowest BCUT2D eigenvalue weighted by Crippen LogP contribution is -2.34. The van der Waals surface area contributed by atoms with Crippen LogP contribution in [0.4, 0.5) is 16.2 Å². The molecular formula is C19H30N2O2. The summed E-state index contributed by atoms with van der Waals surface area (Å²) in [6.07, 6.45) is 3.43. The largest absolute Gasteiger partial charge is 0.444 e. The second-order valence-corrected chi connectivity index (χ2v) is 7.72. The predicted molar refractivity (Wildman–Crippen MR) is 95.9 cm³/mol. The summed E-state index contributed by atoms with van der Waals surface area (Å²) in [6, 6.07) is 8.37. The Hall–Kier alpha value is -1.71. The number of ether oxygens (including phenoxy) is 1. The number of anilines is 2. The van der Waals surface area contributed by atoms with Crippen molar-refractivity contribution in [2.75, 3.05) is 10.6 Å². The molecule has 0 bridgehead atoms. The van der Waals surface area contributed by atoms with E-state index in [0.717, 1.165) is 17.3 Å². The smallest absolute Gasteiger partial charge is 0.412 e. The molecule has 1 aromatic carbocycles. The lowest BCUT2D eigenvalue weighted by atomic mass is 9.78. The summed E-state index contributed by atoms with van der Waals surface area (Å²) in [6.45, 7) is 10.2. The number of benzene rings is 1. The van der Waals surface area contributed by atoms with Crippen LogP contribution in [0.25, 0.3) is 0 Å². The van der Waals surface area contributed by atoms with E-state index in [1.807, 2.05) is 45.0 Å². The highest BCUT2D eigenvalue weighted by molar-refractivity contribution is 5.85. The minimum Gasteiger partial charge on any atom is -0.444 e. The lowest BCUT2D eigenvalue weighted by molar-refractivity contribution is 0.0636. The minimum atomic E-state index is -0.487. The van der Waals surface area contributed by atoms with Crippen LogP contribution in [0.3, 0.4) is 0 Å². The Kier molecular flexibility index (Phi) is 5.55. The molecule has 4 nitrogen and oxygen atoms in total. The zero-order chi connectivity index (χ0) is 17.0. The Morgan fingerprint density at radius 2 is 1.70 bits per heavy atom. The first-order chi connectivity index (χ1) is 10.7. The number of hydrogen-bond acceptors (Lipinski definition) is 3. The predicted octanol–water partition coefficient (Wildman–Crippen LogP) is 5.27. The van der Waals surface area contributed by atoms with E-state index in [4.69, 9.17) is 4.74 Å². The Bertz CT molecular complexity index is 519. The summed E-state index contributed by atoms with van der Waals surface area (Å²) in [5.74, 6) is 1.46. The molecule has 2 N–H and O–H groups in total. The van der Waals surface area contributed by atoms with Gasteiger partial charge in [0, 0.05) is 17.4 Å². The van der Waals surface area contributed by atoms with Gasteiger partial charge in [0.2, 0.25) is 0 Å². The molecule has 4 heteroatoms. The van der Waals surface area contributed by atoms with Crippen LogP contribution in [0, 0.1) is 11.8 Å². The third-order valence-electron chi connectivity index (χ3n) is 4.59. The van der Waals surface area contributed by atoms with Gasteiger partial charge in [0.15, 0.2) is 0 Å². The number of rotatable bonds is 3. The Balaban J connectivity index is 1.90. The molecule has 0 heterocycles. The molecule has 0 saturated heterocycles. The molecule has 1 aromatic rings. The minimum absolute atomic E-state index is 0.423. The summed E-state index contributed by atoms with van der Waals surface area (Å²) in [4.78, 5) is 11.8. The van der Waals surface area contributed by atoms with Gasteiger partial charge in [-0.1, -0.05) is 26.7 Å². The fraction of sp³-hybridized carbons (Fsp3) is 0.632. The maximum absolute atomic E-state index is 11.8. The zero-order valence-corrected chi connectivity index (χ0v) is 15.0. The zero-order valence-electron chi connectivity index (χ0n) is 15.0. The van der Waals surface area contributed by atoms with Gasteiger partial charge in [-0.25, -0.2) is 4.79 Å². The molecule has 1 aliphatic rings. The number of carbonyl (C=O) groups excluding carboxylic acids is 1. The van der Waals surface area contributed by atoms with Gasteiger partial charge in [0.05, 0.1) is 0 Å². The quantitative estimate of drug-likeness (QED) is 0.798. The lowest BCUT2D eigenvalue weighted by Gasteiger charge is -2.35. The maximum Gasteiger partial charge on any atom is 0.412 e. The third-order valence-corrected chi connectivity index (χ3v) is 4.59. The highest BCUT2D eigenvalue weighted by Crippen LogP contribution is 2.31. The molecule has 23 heavy (non-hydrogen) atoms. The third kappa shape index (κ3) is 5.45. The van der Waals surface area contributed by atoms with Gasteiger partial charge in [-0.3, -0.25) is 5.32 Å². The average molecular weight is 318 g/mol. The number of carbonyl (C=O) groups is 1. The molecule has 1 fully saturated rings. The standard InChI is InChI=1S/C19H30N2O2/c1-13-7-6-8-17(14(13)2)20-15-9-11-16(12-10-15)21-18(22)23-19(3,4)5/h9-14,17,20H,6-8H2,1-5H3,(H,21,22). The second kappa shape index (κ2) is 7.24. The SMILES string of the molecule is CC1CCCC(Nc2ccc(NC(=O)OC(C)(C)C)cc2)C1C. The van der Waals surface area contributed by atoms with Gasteiger partial charge >= 0.3 is 6.09 Å². The summed E-state index contributed by atoms with van der Waals surface area (Å²) in [5.41, 5.74) is 1.36. The molecular weight excluding hydrogens is 288 g/mol. The first kappa shape index (κ1) is 17.6. The first-order valence-electron chi connectivity index (χ1n) is 8.61. The van der Waals surface area contributed by atoms with Gasteiger partial charge in [-0.2, -0.15) is 0 Å². The van der Waals surface area contributed by atoms with Crippen molar-refractivity contribution in [1.29, 1.82) is 0 Å². The molecule has 2 rings (SSSR count). The van der Waals surface area contributed by atoms with Crippen LogP contribution in [-0.4, -0.2) is 17.7 Å². The van der Waals surface area contributed by atoms with Crippen LogP contribution in [0.1, 0.15) is 53.9 Å². The molecule has 1 amide bonds. The normalized spacial score (nSPS) is 24.8. The van der Waals surface area contributed by atoms with Gasteiger partial charge in [0.1, 0.15) is 5.60 Å². The summed E-state index contributed by atoms with van der Waals surface area (Å²) in [7, 11) is 0. The van der Waals surface area contributed by atoms with Crippen molar-refractivity contribution in [3.8, 4) is 0 Å². The van der Waals surface area contributed by atoms with Gasteiger partial charge in [-0.15, -0.1) is 0 Å². The van der Waals surface area contributed by atoms with Crippen molar-refractivity contribution >= 4 is 17.5 Å². The molecule has 3 atom stereocenters. The van der Waals surface area contributed by atoms with Gasteiger partial charge in [0.25, 0.3) is 0 Å². The topological polar surface area (TPSA) is 50.4 Å². The van der Waals surface area contributed by atoms with E-state index in [-0.39, 0.29) is 0 Å². The Morgan fingerprint density at radius 1 is 1.09 bits per heavy atom. The van der Waals surface area contributed by atoms with E-state index < -0.39 is 11.7 Å². The van der Waals surface area contributed by atoms with Crippen LogP contribution in [-0.2, 0) is 4.74 Å². The Morgan fingerprint density at radius 3 is 2.30 bits per heavy atom. The van der Waals surface area contributed by atoms with Crippen LogP contribution in [0.2, 0.25) is 0 Å².